The number of carbonyl (C=O) groups excluding carboxylic acids is 1. The molecule has 128 valence electrons. The molecule has 0 spiro atoms. The summed E-state index contributed by atoms with van der Waals surface area (Å²) < 4.78 is 5.27. The molecule has 1 aromatic heterocycles. The lowest BCUT2D eigenvalue weighted by molar-refractivity contribution is 0.0581. The zero-order valence-electron chi connectivity index (χ0n) is 14.7. The standard InChI is InChI=1S/C19H25N3O2/c1-4-14(2)21-9-11-22(12-10-21)19(23)16-13-18(24-3)20-17-8-6-5-7-15(16)17/h5-8,13-14H,4,9-12H2,1-3H3. The summed E-state index contributed by atoms with van der Waals surface area (Å²) in [5.74, 6) is 0.547. The zero-order valence-corrected chi connectivity index (χ0v) is 14.7. The Balaban J connectivity index is 1.84. The van der Waals surface area contributed by atoms with Gasteiger partial charge < -0.3 is 9.64 Å². The molecular formula is C19H25N3O2. The summed E-state index contributed by atoms with van der Waals surface area (Å²) in [6.45, 7) is 7.85. The van der Waals surface area contributed by atoms with Crippen LogP contribution in [0.3, 0.4) is 0 Å². The van der Waals surface area contributed by atoms with E-state index in [0.29, 0.717) is 17.5 Å². The van der Waals surface area contributed by atoms with Gasteiger partial charge in [-0.1, -0.05) is 25.1 Å². The lowest BCUT2D eigenvalue weighted by Crippen LogP contribution is -2.51. The maximum atomic E-state index is 13.1. The molecule has 5 nitrogen and oxygen atoms in total. The summed E-state index contributed by atoms with van der Waals surface area (Å²) >= 11 is 0. The van der Waals surface area contributed by atoms with Gasteiger partial charge in [0.1, 0.15) is 0 Å². The number of amides is 1. The van der Waals surface area contributed by atoms with Crippen molar-refractivity contribution < 1.29 is 9.53 Å². The van der Waals surface area contributed by atoms with Gasteiger partial charge in [0.05, 0.1) is 18.2 Å². The quantitative estimate of drug-likeness (QED) is 0.866. The first-order valence-electron chi connectivity index (χ1n) is 8.61. The van der Waals surface area contributed by atoms with Crippen LogP contribution in [0.5, 0.6) is 5.88 Å². The monoisotopic (exact) mass is 327 g/mol. The van der Waals surface area contributed by atoms with Gasteiger partial charge in [0.25, 0.3) is 5.91 Å². The summed E-state index contributed by atoms with van der Waals surface area (Å²) in [6.07, 6.45) is 1.14. The molecule has 1 saturated heterocycles. The van der Waals surface area contributed by atoms with Gasteiger partial charge in [-0.2, -0.15) is 0 Å². The molecule has 1 fully saturated rings. The second-order valence-corrected chi connectivity index (χ2v) is 6.31. The lowest BCUT2D eigenvalue weighted by atomic mass is 10.1. The number of benzene rings is 1. The number of nitrogens with zero attached hydrogens (tertiary/aromatic N) is 3. The third-order valence-corrected chi connectivity index (χ3v) is 4.95. The molecule has 1 atom stereocenters. The van der Waals surface area contributed by atoms with Gasteiger partial charge in [-0.05, 0) is 19.4 Å². The molecule has 1 aliphatic heterocycles. The normalized spacial score (nSPS) is 17.0. The van der Waals surface area contributed by atoms with Gasteiger partial charge in [0.15, 0.2) is 0 Å². The SMILES string of the molecule is CCC(C)N1CCN(C(=O)c2cc(OC)nc3ccccc23)CC1. The van der Waals surface area contributed by atoms with E-state index in [4.69, 9.17) is 4.74 Å². The van der Waals surface area contributed by atoms with E-state index in [1.165, 1.54) is 0 Å². The fraction of sp³-hybridized carbons (Fsp3) is 0.474. The van der Waals surface area contributed by atoms with Crippen molar-refractivity contribution in [2.45, 2.75) is 26.3 Å². The first-order chi connectivity index (χ1) is 11.6. The topological polar surface area (TPSA) is 45.7 Å². The average Bonchev–Trinajstić information content (AvgIpc) is 2.66. The van der Waals surface area contributed by atoms with Crippen molar-refractivity contribution in [1.82, 2.24) is 14.8 Å². The molecule has 1 aliphatic rings. The number of para-hydroxylation sites is 1. The molecule has 0 aliphatic carbocycles. The van der Waals surface area contributed by atoms with Crippen LogP contribution < -0.4 is 4.74 Å². The predicted octanol–water partition coefficient (Wildman–Crippen LogP) is 2.80. The highest BCUT2D eigenvalue weighted by Crippen LogP contribution is 2.24. The van der Waals surface area contributed by atoms with Crippen LogP contribution in [0.4, 0.5) is 0 Å². The number of hydrogen-bond acceptors (Lipinski definition) is 4. The van der Waals surface area contributed by atoms with Gasteiger partial charge in [-0.15, -0.1) is 0 Å². The molecular weight excluding hydrogens is 302 g/mol. The molecule has 2 aromatic rings. The summed E-state index contributed by atoms with van der Waals surface area (Å²) in [7, 11) is 1.58. The highest BCUT2D eigenvalue weighted by atomic mass is 16.5. The second-order valence-electron chi connectivity index (χ2n) is 6.31. The zero-order chi connectivity index (χ0) is 17.1. The summed E-state index contributed by atoms with van der Waals surface area (Å²) in [4.78, 5) is 21.9. The molecule has 2 heterocycles. The van der Waals surface area contributed by atoms with Crippen molar-refractivity contribution in [3.05, 3.63) is 35.9 Å². The highest BCUT2D eigenvalue weighted by Gasteiger charge is 2.25. The van der Waals surface area contributed by atoms with Crippen molar-refractivity contribution >= 4 is 16.8 Å². The third-order valence-electron chi connectivity index (χ3n) is 4.95. The van der Waals surface area contributed by atoms with Crippen LogP contribution in [0.1, 0.15) is 30.6 Å². The summed E-state index contributed by atoms with van der Waals surface area (Å²) in [6, 6.07) is 10.1. The minimum atomic E-state index is 0.0655. The van der Waals surface area contributed by atoms with E-state index in [1.54, 1.807) is 13.2 Å². The minimum absolute atomic E-state index is 0.0655. The van der Waals surface area contributed by atoms with E-state index < -0.39 is 0 Å². The van der Waals surface area contributed by atoms with Crippen molar-refractivity contribution in [1.29, 1.82) is 0 Å². The van der Waals surface area contributed by atoms with Gasteiger partial charge >= 0.3 is 0 Å². The van der Waals surface area contributed by atoms with E-state index in [9.17, 15) is 4.79 Å². The molecule has 0 N–H and O–H groups in total. The number of hydrogen-bond donors (Lipinski definition) is 0. The molecule has 0 radical (unpaired) electrons. The van der Waals surface area contributed by atoms with Gasteiger partial charge in [0, 0.05) is 43.7 Å². The highest BCUT2D eigenvalue weighted by molar-refractivity contribution is 6.06. The smallest absolute Gasteiger partial charge is 0.254 e. The molecule has 1 unspecified atom stereocenters. The summed E-state index contributed by atoms with van der Waals surface area (Å²) in [5, 5.41) is 0.882. The Morgan fingerprint density at radius 3 is 2.62 bits per heavy atom. The number of piperazine rings is 1. The lowest BCUT2D eigenvalue weighted by Gasteiger charge is -2.38. The van der Waals surface area contributed by atoms with Crippen molar-refractivity contribution in [3.8, 4) is 5.88 Å². The van der Waals surface area contributed by atoms with Gasteiger partial charge in [0.2, 0.25) is 5.88 Å². The number of methoxy groups -OCH3 is 1. The first-order valence-corrected chi connectivity index (χ1v) is 8.61. The number of ether oxygens (including phenoxy) is 1. The Labute approximate surface area is 143 Å². The first kappa shape index (κ1) is 16.7. The Kier molecular flexibility index (Phi) is 5.00. The molecule has 0 bridgehead atoms. The Morgan fingerprint density at radius 2 is 1.96 bits per heavy atom. The second kappa shape index (κ2) is 7.18. The van der Waals surface area contributed by atoms with E-state index in [1.807, 2.05) is 29.2 Å². The molecule has 0 saturated carbocycles. The fourth-order valence-corrected chi connectivity index (χ4v) is 3.23. The van der Waals surface area contributed by atoms with Crippen molar-refractivity contribution in [3.63, 3.8) is 0 Å². The Morgan fingerprint density at radius 1 is 1.25 bits per heavy atom. The molecule has 24 heavy (non-hydrogen) atoms. The molecule has 3 rings (SSSR count). The average molecular weight is 327 g/mol. The van der Waals surface area contributed by atoms with Gasteiger partial charge in [-0.25, -0.2) is 4.98 Å². The largest absolute Gasteiger partial charge is 0.481 e. The minimum Gasteiger partial charge on any atom is -0.481 e. The van der Waals surface area contributed by atoms with Crippen molar-refractivity contribution in [2.24, 2.45) is 0 Å². The maximum Gasteiger partial charge on any atom is 0.254 e. The molecule has 1 amide bonds. The van der Waals surface area contributed by atoms with Gasteiger partial charge in [-0.3, -0.25) is 9.69 Å². The fourth-order valence-electron chi connectivity index (χ4n) is 3.23. The number of fused-ring (bicyclic) bond motifs is 1. The third kappa shape index (κ3) is 3.22. The van der Waals surface area contributed by atoms with E-state index in [0.717, 1.165) is 43.5 Å². The van der Waals surface area contributed by atoms with Crippen LogP contribution in [-0.2, 0) is 0 Å². The maximum absolute atomic E-state index is 13.1. The van der Waals surface area contributed by atoms with E-state index >= 15 is 0 Å². The van der Waals surface area contributed by atoms with Crippen LogP contribution >= 0.6 is 0 Å². The predicted molar refractivity (Wildman–Crippen MR) is 95.5 cm³/mol. The van der Waals surface area contributed by atoms with Crippen molar-refractivity contribution in [2.75, 3.05) is 33.3 Å². The number of pyridine rings is 1. The van der Waals surface area contributed by atoms with Crippen LogP contribution in [0, 0.1) is 0 Å². The number of carbonyl (C=O) groups is 1. The Bertz CT molecular complexity index is 724. The van der Waals surface area contributed by atoms with Crippen LogP contribution in [0.15, 0.2) is 30.3 Å². The number of aromatic nitrogens is 1. The number of rotatable bonds is 4. The van der Waals surface area contributed by atoms with Crippen LogP contribution in [-0.4, -0.2) is 60.0 Å². The summed E-state index contributed by atoms with van der Waals surface area (Å²) in [5.41, 5.74) is 1.47. The molecule has 5 heteroatoms. The Hall–Kier alpha value is -2.14. The van der Waals surface area contributed by atoms with Crippen LogP contribution in [0.2, 0.25) is 0 Å². The van der Waals surface area contributed by atoms with E-state index in [-0.39, 0.29) is 5.91 Å². The molecule has 1 aromatic carbocycles. The van der Waals surface area contributed by atoms with Crippen LogP contribution in [0.25, 0.3) is 10.9 Å². The van der Waals surface area contributed by atoms with E-state index in [2.05, 4.69) is 23.7 Å².